The van der Waals surface area contributed by atoms with E-state index in [9.17, 15) is 10.1 Å². The Balaban J connectivity index is 0.000000219. The molecule has 0 saturated heterocycles. The molecular formula is C14H14ClN3O3. The fraction of sp³-hybridized carbons (Fsp3) is 0.0714. The van der Waals surface area contributed by atoms with Crippen molar-refractivity contribution < 1.29 is 9.76 Å². The Labute approximate surface area is 126 Å². The quantitative estimate of drug-likeness (QED) is 0.406. The van der Waals surface area contributed by atoms with E-state index in [0.717, 1.165) is 0 Å². The van der Waals surface area contributed by atoms with Gasteiger partial charge in [0.2, 0.25) is 0 Å². The maximum Gasteiger partial charge on any atom is 0.269 e. The van der Waals surface area contributed by atoms with Gasteiger partial charge in [0.25, 0.3) is 5.69 Å². The lowest BCUT2D eigenvalue weighted by Gasteiger charge is -2.00. The molecule has 0 heterocycles. The molecule has 0 aliphatic rings. The Morgan fingerprint density at radius 3 is 2.38 bits per heavy atom. The molecule has 0 aromatic heterocycles. The van der Waals surface area contributed by atoms with Gasteiger partial charge in [-0.2, -0.15) is 0 Å². The molecule has 0 unspecified atom stereocenters. The van der Waals surface area contributed by atoms with Crippen LogP contribution in [0.4, 0.5) is 11.4 Å². The van der Waals surface area contributed by atoms with Gasteiger partial charge in [0.15, 0.2) is 0 Å². The molecule has 0 atom stereocenters. The third-order valence-corrected chi connectivity index (χ3v) is 2.67. The smallest absolute Gasteiger partial charge is 0.269 e. The lowest BCUT2D eigenvalue weighted by molar-refractivity contribution is -0.384. The number of hydrogen-bond acceptors (Lipinski definition) is 5. The second-order valence-corrected chi connectivity index (χ2v) is 4.16. The summed E-state index contributed by atoms with van der Waals surface area (Å²) in [4.78, 5) is 14.1. The van der Waals surface area contributed by atoms with Gasteiger partial charge in [-0.25, -0.2) is 0 Å². The summed E-state index contributed by atoms with van der Waals surface area (Å²) in [6.07, 6.45) is 1.48. The maximum atomic E-state index is 10.0. The highest BCUT2D eigenvalue weighted by Crippen LogP contribution is 2.19. The van der Waals surface area contributed by atoms with Crippen LogP contribution in [0.15, 0.2) is 53.7 Å². The average Bonchev–Trinajstić information content (AvgIpc) is 2.48. The molecule has 0 fully saturated rings. The molecule has 2 rings (SSSR count). The molecule has 110 valence electrons. The minimum atomic E-state index is -0.417. The first kappa shape index (κ1) is 16.5. The van der Waals surface area contributed by atoms with Crippen molar-refractivity contribution in [1.29, 1.82) is 0 Å². The van der Waals surface area contributed by atoms with Gasteiger partial charge in [0, 0.05) is 23.4 Å². The van der Waals surface area contributed by atoms with Crippen LogP contribution in [0.1, 0.15) is 5.56 Å². The van der Waals surface area contributed by atoms with Crippen molar-refractivity contribution in [2.75, 3.05) is 12.8 Å². The molecule has 0 radical (unpaired) electrons. The normalized spacial score (nSPS) is 9.81. The molecule has 0 bridgehead atoms. The minimum Gasteiger partial charge on any atom is -0.399 e. The predicted molar refractivity (Wildman–Crippen MR) is 83.6 cm³/mol. The second-order valence-electron chi connectivity index (χ2n) is 3.75. The number of nitrogens with two attached hydrogens (primary N) is 1. The van der Waals surface area contributed by atoms with Crippen LogP contribution < -0.4 is 5.73 Å². The summed E-state index contributed by atoms with van der Waals surface area (Å²) in [6.45, 7) is 0. The number of nitrogens with zero attached hydrogens (tertiary/aromatic N) is 2. The summed E-state index contributed by atoms with van der Waals surface area (Å²) in [5.74, 6) is 0. The summed E-state index contributed by atoms with van der Waals surface area (Å²) < 4.78 is 0. The Kier molecular flexibility index (Phi) is 6.70. The van der Waals surface area contributed by atoms with Crippen molar-refractivity contribution >= 4 is 29.2 Å². The fourth-order valence-corrected chi connectivity index (χ4v) is 1.58. The van der Waals surface area contributed by atoms with Gasteiger partial charge in [-0.15, -0.1) is 0 Å². The number of para-hydroxylation sites is 1. The molecule has 7 heteroatoms. The number of halogens is 1. The highest BCUT2D eigenvalue weighted by molar-refractivity contribution is 6.33. The molecule has 2 N–H and O–H groups in total. The van der Waals surface area contributed by atoms with Crippen LogP contribution >= 0.6 is 11.6 Å². The van der Waals surface area contributed by atoms with E-state index in [1.807, 2.05) is 0 Å². The van der Waals surface area contributed by atoms with Crippen molar-refractivity contribution in [3.63, 3.8) is 0 Å². The van der Waals surface area contributed by atoms with E-state index in [1.165, 1.54) is 25.5 Å². The number of oxime groups is 1. The van der Waals surface area contributed by atoms with Crippen molar-refractivity contribution in [3.8, 4) is 0 Å². The van der Waals surface area contributed by atoms with E-state index in [2.05, 4.69) is 9.99 Å². The second kappa shape index (κ2) is 8.55. The van der Waals surface area contributed by atoms with E-state index < -0.39 is 4.92 Å². The number of nitro groups is 1. The lowest BCUT2D eigenvalue weighted by Crippen LogP contribution is -1.93. The van der Waals surface area contributed by atoms with Gasteiger partial charge in [0.1, 0.15) is 7.11 Å². The molecule has 21 heavy (non-hydrogen) atoms. The fourth-order valence-electron chi connectivity index (χ4n) is 1.35. The molecule has 2 aromatic rings. The van der Waals surface area contributed by atoms with Crippen molar-refractivity contribution in [1.82, 2.24) is 0 Å². The molecule has 0 amide bonds. The van der Waals surface area contributed by atoms with Gasteiger partial charge in [-0.3, -0.25) is 10.1 Å². The van der Waals surface area contributed by atoms with Crippen LogP contribution in [0.5, 0.6) is 0 Å². The Morgan fingerprint density at radius 1 is 1.24 bits per heavy atom. The van der Waals surface area contributed by atoms with E-state index in [4.69, 9.17) is 17.3 Å². The summed E-state index contributed by atoms with van der Waals surface area (Å²) in [5.41, 5.74) is 7.04. The topological polar surface area (TPSA) is 90.8 Å². The van der Waals surface area contributed by atoms with Gasteiger partial charge in [-0.05, 0) is 12.1 Å². The van der Waals surface area contributed by atoms with Crippen molar-refractivity contribution in [2.24, 2.45) is 5.16 Å². The van der Waals surface area contributed by atoms with Gasteiger partial charge >= 0.3 is 0 Å². The number of nitrogen functional groups attached to an aromatic ring is 1. The number of benzene rings is 2. The van der Waals surface area contributed by atoms with Crippen molar-refractivity contribution in [2.45, 2.75) is 0 Å². The first-order valence-electron chi connectivity index (χ1n) is 5.86. The number of non-ortho nitro benzene ring substituents is 1. The number of nitro benzene ring substituents is 1. The van der Waals surface area contributed by atoms with Crippen LogP contribution in [0, 0.1) is 10.1 Å². The van der Waals surface area contributed by atoms with E-state index in [1.54, 1.807) is 36.4 Å². The first-order chi connectivity index (χ1) is 10.1. The standard InChI is InChI=1S/C8H9ClN2O.C6H5NO2/c1-12-11-5-6-7(9)3-2-4-8(6)10;8-7(9)6-4-2-1-3-5-6/h2-5H,10H2,1H3;1-5H. The largest absolute Gasteiger partial charge is 0.399 e. The minimum absolute atomic E-state index is 0.137. The molecular weight excluding hydrogens is 294 g/mol. The predicted octanol–water partition coefficient (Wildman–Crippen LogP) is 3.50. The summed E-state index contributed by atoms with van der Waals surface area (Å²) in [5, 5.41) is 14.1. The maximum absolute atomic E-state index is 10.0. The zero-order chi connectivity index (χ0) is 15.7. The number of anilines is 1. The highest BCUT2D eigenvalue weighted by Gasteiger charge is 2.00. The average molecular weight is 308 g/mol. The summed E-state index contributed by atoms with van der Waals surface area (Å²) in [6, 6.07) is 13.2. The van der Waals surface area contributed by atoms with Crippen LogP contribution in [0.25, 0.3) is 0 Å². The van der Waals surface area contributed by atoms with Crippen molar-refractivity contribution in [3.05, 3.63) is 69.2 Å². The van der Waals surface area contributed by atoms with E-state index in [-0.39, 0.29) is 5.69 Å². The molecule has 0 aliphatic heterocycles. The molecule has 0 spiro atoms. The molecule has 6 nitrogen and oxygen atoms in total. The summed E-state index contributed by atoms with van der Waals surface area (Å²) in [7, 11) is 1.46. The Morgan fingerprint density at radius 2 is 1.90 bits per heavy atom. The zero-order valence-electron chi connectivity index (χ0n) is 11.3. The Bertz CT molecular complexity index is 598. The zero-order valence-corrected chi connectivity index (χ0v) is 12.0. The Hall–Kier alpha value is -2.60. The monoisotopic (exact) mass is 307 g/mol. The lowest BCUT2D eigenvalue weighted by atomic mass is 10.2. The highest BCUT2D eigenvalue weighted by atomic mass is 35.5. The number of rotatable bonds is 3. The van der Waals surface area contributed by atoms with E-state index >= 15 is 0 Å². The van der Waals surface area contributed by atoms with Crippen LogP contribution in [0.3, 0.4) is 0 Å². The van der Waals surface area contributed by atoms with Crippen LogP contribution in [-0.2, 0) is 4.84 Å². The van der Waals surface area contributed by atoms with Gasteiger partial charge in [0.05, 0.1) is 16.2 Å². The third kappa shape index (κ3) is 5.50. The van der Waals surface area contributed by atoms with Crippen LogP contribution in [0.2, 0.25) is 5.02 Å². The SMILES string of the molecule is CON=Cc1c(N)cccc1Cl.O=[N+]([O-])c1ccccc1. The van der Waals surface area contributed by atoms with Gasteiger partial charge < -0.3 is 10.6 Å². The van der Waals surface area contributed by atoms with Gasteiger partial charge in [-0.1, -0.05) is 41.0 Å². The molecule has 2 aromatic carbocycles. The third-order valence-electron chi connectivity index (χ3n) is 2.34. The first-order valence-corrected chi connectivity index (χ1v) is 6.24. The molecule has 0 saturated carbocycles. The van der Waals surface area contributed by atoms with Crippen LogP contribution in [-0.4, -0.2) is 18.2 Å². The molecule has 0 aliphatic carbocycles. The number of hydrogen-bond donors (Lipinski definition) is 1. The summed E-state index contributed by atoms with van der Waals surface area (Å²) >= 11 is 5.84. The van der Waals surface area contributed by atoms with E-state index in [0.29, 0.717) is 16.3 Å².